The van der Waals surface area contributed by atoms with Gasteiger partial charge in [-0.05, 0) is 49.8 Å². The second kappa shape index (κ2) is 6.18. The Kier molecular flexibility index (Phi) is 4.57. The maximum Gasteiger partial charge on any atom is 0.0543 e. The molecule has 1 aliphatic carbocycles. The van der Waals surface area contributed by atoms with Crippen LogP contribution in [0.3, 0.4) is 0 Å². The molecule has 94 valence electrons. The van der Waals surface area contributed by atoms with Crippen LogP contribution in [-0.4, -0.2) is 17.8 Å². The van der Waals surface area contributed by atoms with Crippen LogP contribution in [-0.2, 0) is 6.54 Å². The van der Waals surface area contributed by atoms with E-state index in [-0.39, 0.29) is 6.10 Å². The van der Waals surface area contributed by atoms with E-state index in [9.17, 15) is 5.11 Å². The third-order valence-corrected chi connectivity index (χ3v) is 3.76. The molecule has 0 spiro atoms. The summed E-state index contributed by atoms with van der Waals surface area (Å²) in [7, 11) is 0. The van der Waals surface area contributed by atoms with Crippen molar-refractivity contribution in [3.8, 4) is 0 Å². The smallest absolute Gasteiger partial charge is 0.0543 e. The molecular formula is C15H23NO. The molecule has 0 saturated heterocycles. The predicted molar refractivity (Wildman–Crippen MR) is 70.9 cm³/mol. The highest BCUT2D eigenvalue weighted by Gasteiger charge is 2.19. The van der Waals surface area contributed by atoms with E-state index < -0.39 is 0 Å². The highest BCUT2D eigenvalue weighted by Crippen LogP contribution is 2.23. The summed E-state index contributed by atoms with van der Waals surface area (Å²) in [5.41, 5.74) is 2.73. The minimum Gasteiger partial charge on any atom is -0.393 e. The molecule has 0 bridgehead atoms. The van der Waals surface area contributed by atoms with Gasteiger partial charge in [0.2, 0.25) is 0 Å². The maximum atomic E-state index is 9.61. The number of hydrogen-bond donors (Lipinski definition) is 2. The van der Waals surface area contributed by atoms with Crippen molar-refractivity contribution in [3.63, 3.8) is 0 Å². The van der Waals surface area contributed by atoms with E-state index in [0.717, 1.165) is 25.9 Å². The second-order valence-corrected chi connectivity index (χ2v) is 5.24. The minimum atomic E-state index is -0.0611. The van der Waals surface area contributed by atoms with Crippen LogP contribution in [0, 0.1) is 12.8 Å². The monoisotopic (exact) mass is 233 g/mol. The fourth-order valence-corrected chi connectivity index (χ4v) is 2.67. The van der Waals surface area contributed by atoms with E-state index in [4.69, 9.17) is 0 Å². The lowest BCUT2D eigenvalue weighted by molar-refractivity contribution is 0.101. The van der Waals surface area contributed by atoms with Gasteiger partial charge in [0.25, 0.3) is 0 Å². The molecule has 2 N–H and O–H groups in total. The number of nitrogens with one attached hydrogen (secondary N) is 1. The SMILES string of the molecule is Cc1ccccc1CNCC1CCCC(O)C1. The van der Waals surface area contributed by atoms with Gasteiger partial charge in [-0.3, -0.25) is 0 Å². The number of hydrogen-bond acceptors (Lipinski definition) is 2. The molecule has 17 heavy (non-hydrogen) atoms. The van der Waals surface area contributed by atoms with Crippen LogP contribution in [0.15, 0.2) is 24.3 Å². The van der Waals surface area contributed by atoms with Crippen LogP contribution < -0.4 is 5.32 Å². The molecular weight excluding hydrogens is 210 g/mol. The molecule has 0 amide bonds. The van der Waals surface area contributed by atoms with Gasteiger partial charge in [0.15, 0.2) is 0 Å². The van der Waals surface area contributed by atoms with E-state index in [1.54, 1.807) is 0 Å². The minimum absolute atomic E-state index is 0.0611. The lowest BCUT2D eigenvalue weighted by atomic mass is 9.87. The van der Waals surface area contributed by atoms with Gasteiger partial charge in [-0.1, -0.05) is 30.7 Å². The average molecular weight is 233 g/mol. The Balaban J connectivity index is 1.74. The van der Waals surface area contributed by atoms with Crippen molar-refractivity contribution >= 4 is 0 Å². The van der Waals surface area contributed by atoms with Gasteiger partial charge < -0.3 is 10.4 Å². The van der Waals surface area contributed by atoms with Gasteiger partial charge in [-0.15, -0.1) is 0 Å². The number of rotatable bonds is 4. The Hall–Kier alpha value is -0.860. The Labute approximate surface area is 104 Å². The molecule has 2 heteroatoms. The van der Waals surface area contributed by atoms with Crippen LogP contribution in [0.2, 0.25) is 0 Å². The second-order valence-electron chi connectivity index (χ2n) is 5.24. The van der Waals surface area contributed by atoms with Gasteiger partial charge in [-0.2, -0.15) is 0 Å². The first kappa shape index (κ1) is 12.6. The number of aryl methyl sites for hydroxylation is 1. The predicted octanol–water partition coefficient (Wildman–Crippen LogP) is 2.64. The van der Waals surface area contributed by atoms with E-state index in [1.165, 1.54) is 24.0 Å². The Morgan fingerprint density at radius 1 is 1.29 bits per heavy atom. The van der Waals surface area contributed by atoms with Crippen molar-refractivity contribution < 1.29 is 5.11 Å². The Morgan fingerprint density at radius 3 is 2.88 bits per heavy atom. The standard InChI is InChI=1S/C15H23NO/c1-12-5-2-3-7-14(12)11-16-10-13-6-4-8-15(17)9-13/h2-3,5,7,13,15-17H,4,6,8-11H2,1H3. The number of aliphatic hydroxyl groups excluding tert-OH is 1. The van der Waals surface area contributed by atoms with Crippen LogP contribution >= 0.6 is 0 Å². The van der Waals surface area contributed by atoms with Crippen LogP contribution in [0.1, 0.15) is 36.8 Å². The summed E-state index contributed by atoms with van der Waals surface area (Å²) in [4.78, 5) is 0. The summed E-state index contributed by atoms with van der Waals surface area (Å²) < 4.78 is 0. The molecule has 2 rings (SSSR count). The molecule has 2 atom stereocenters. The lowest BCUT2D eigenvalue weighted by Crippen LogP contribution is -2.29. The summed E-state index contributed by atoms with van der Waals surface area (Å²) in [6, 6.07) is 8.50. The van der Waals surface area contributed by atoms with Crippen molar-refractivity contribution in [2.75, 3.05) is 6.54 Å². The molecule has 0 aromatic heterocycles. The molecule has 1 saturated carbocycles. The Morgan fingerprint density at radius 2 is 2.12 bits per heavy atom. The molecule has 1 fully saturated rings. The average Bonchev–Trinajstić information content (AvgIpc) is 2.32. The van der Waals surface area contributed by atoms with E-state index >= 15 is 0 Å². The quantitative estimate of drug-likeness (QED) is 0.838. The molecule has 1 aliphatic rings. The Bertz CT molecular complexity index is 351. The molecule has 2 nitrogen and oxygen atoms in total. The van der Waals surface area contributed by atoms with Crippen LogP contribution in [0.4, 0.5) is 0 Å². The summed E-state index contributed by atoms with van der Waals surface area (Å²) in [5, 5.41) is 13.1. The largest absolute Gasteiger partial charge is 0.393 e. The van der Waals surface area contributed by atoms with Crippen LogP contribution in [0.25, 0.3) is 0 Å². The van der Waals surface area contributed by atoms with Crippen molar-refractivity contribution in [2.24, 2.45) is 5.92 Å². The fraction of sp³-hybridized carbons (Fsp3) is 0.600. The van der Waals surface area contributed by atoms with E-state index in [2.05, 4.69) is 36.5 Å². The zero-order valence-corrected chi connectivity index (χ0v) is 10.7. The normalized spacial score (nSPS) is 24.8. The zero-order valence-electron chi connectivity index (χ0n) is 10.7. The highest BCUT2D eigenvalue weighted by atomic mass is 16.3. The van der Waals surface area contributed by atoms with Crippen molar-refractivity contribution in [3.05, 3.63) is 35.4 Å². The summed E-state index contributed by atoms with van der Waals surface area (Å²) in [6.45, 7) is 4.13. The molecule has 0 aliphatic heterocycles. The van der Waals surface area contributed by atoms with Crippen molar-refractivity contribution in [1.82, 2.24) is 5.32 Å². The van der Waals surface area contributed by atoms with Gasteiger partial charge in [-0.25, -0.2) is 0 Å². The van der Waals surface area contributed by atoms with Crippen molar-refractivity contribution in [1.29, 1.82) is 0 Å². The topological polar surface area (TPSA) is 32.3 Å². The van der Waals surface area contributed by atoms with Gasteiger partial charge in [0, 0.05) is 6.54 Å². The summed E-state index contributed by atoms with van der Waals surface area (Å²) >= 11 is 0. The fourth-order valence-electron chi connectivity index (χ4n) is 2.67. The first-order valence-electron chi connectivity index (χ1n) is 6.69. The van der Waals surface area contributed by atoms with Crippen LogP contribution in [0.5, 0.6) is 0 Å². The first-order chi connectivity index (χ1) is 8.25. The molecule has 0 heterocycles. The van der Waals surface area contributed by atoms with Crippen molar-refractivity contribution in [2.45, 2.75) is 45.3 Å². The third kappa shape index (κ3) is 3.83. The molecule has 1 aromatic rings. The number of aliphatic hydroxyl groups is 1. The third-order valence-electron chi connectivity index (χ3n) is 3.76. The summed E-state index contributed by atoms with van der Waals surface area (Å²) in [5.74, 6) is 0.655. The first-order valence-corrected chi connectivity index (χ1v) is 6.69. The van der Waals surface area contributed by atoms with Gasteiger partial charge >= 0.3 is 0 Å². The molecule has 0 radical (unpaired) electrons. The van der Waals surface area contributed by atoms with E-state index in [0.29, 0.717) is 5.92 Å². The van der Waals surface area contributed by atoms with Gasteiger partial charge in [0.1, 0.15) is 0 Å². The molecule has 2 unspecified atom stereocenters. The lowest BCUT2D eigenvalue weighted by Gasteiger charge is -2.26. The maximum absolute atomic E-state index is 9.61. The highest BCUT2D eigenvalue weighted by molar-refractivity contribution is 5.25. The zero-order chi connectivity index (χ0) is 12.1. The molecule has 1 aromatic carbocycles. The summed E-state index contributed by atoms with van der Waals surface area (Å²) in [6.07, 6.45) is 4.35. The number of benzene rings is 1. The van der Waals surface area contributed by atoms with Gasteiger partial charge in [0.05, 0.1) is 6.10 Å². The van der Waals surface area contributed by atoms with E-state index in [1.807, 2.05) is 0 Å².